The van der Waals surface area contributed by atoms with E-state index in [1.807, 2.05) is 20.8 Å². The smallest absolute Gasteiger partial charge is 0.410 e. The van der Waals surface area contributed by atoms with Crippen molar-refractivity contribution in [3.63, 3.8) is 0 Å². The first-order valence-corrected chi connectivity index (χ1v) is 10.2. The van der Waals surface area contributed by atoms with Gasteiger partial charge >= 0.3 is 6.09 Å². The zero-order valence-electron chi connectivity index (χ0n) is 17.5. The molecule has 1 aliphatic rings. The summed E-state index contributed by atoms with van der Waals surface area (Å²) in [5.74, 6) is -0.803. The van der Waals surface area contributed by atoms with Gasteiger partial charge in [-0.25, -0.2) is 9.18 Å². The number of ether oxygens (including phenoxy) is 2. The van der Waals surface area contributed by atoms with E-state index >= 15 is 0 Å². The Kier molecular flexibility index (Phi) is 8.28. The van der Waals surface area contributed by atoms with Gasteiger partial charge in [-0.1, -0.05) is 23.7 Å². The van der Waals surface area contributed by atoms with Gasteiger partial charge in [-0.15, -0.1) is 0 Å². The summed E-state index contributed by atoms with van der Waals surface area (Å²) < 4.78 is 26.2. The van der Waals surface area contributed by atoms with E-state index in [-0.39, 0.29) is 29.5 Å². The molecule has 0 aromatic heterocycles. The van der Waals surface area contributed by atoms with Gasteiger partial charge in [0.05, 0.1) is 17.7 Å². The Bertz CT molecular complexity index is 723. The van der Waals surface area contributed by atoms with E-state index in [2.05, 4.69) is 5.32 Å². The average molecular weight is 429 g/mol. The minimum absolute atomic E-state index is 0.0257. The molecule has 1 N–H and O–H groups in total. The van der Waals surface area contributed by atoms with E-state index in [0.717, 1.165) is 12.8 Å². The number of piperidine rings is 1. The Morgan fingerprint density at radius 3 is 2.76 bits per heavy atom. The molecule has 1 fully saturated rings. The number of halogens is 2. The third-order valence-electron chi connectivity index (χ3n) is 4.60. The number of likely N-dealkylation sites (tertiary alicyclic amines) is 1. The molecule has 0 unspecified atom stereocenters. The maximum absolute atomic E-state index is 14.7. The Labute approximate surface area is 176 Å². The van der Waals surface area contributed by atoms with Crippen molar-refractivity contribution in [3.05, 3.63) is 34.6 Å². The molecule has 1 aliphatic heterocycles. The molecule has 162 valence electrons. The number of carbonyl (C=O) groups excluding carboxylic acids is 2. The Balaban J connectivity index is 2.17. The molecular weight excluding hydrogens is 399 g/mol. The predicted molar refractivity (Wildman–Crippen MR) is 109 cm³/mol. The number of nitrogens with one attached hydrogen (secondary N) is 1. The summed E-state index contributed by atoms with van der Waals surface area (Å²) in [7, 11) is 0. The van der Waals surface area contributed by atoms with Crippen LogP contribution in [0.25, 0.3) is 0 Å². The molecule has 0 saturated carbocycles. The van der Waals surface area contributed by atoms with Crippen LogP contribution in [-0.4, -0.2) is 48.7 Å². The summed E-state index contributed by atoms with van der Waals surface area (Å²) >= 11 is 5.98. The summed E-state index contributed by atoms with van der Waals surface area (Å²) in [6.45, 7) is 8.40. The van der Waals surface area contributed by atoms with Gasteiger partial charge in [0.25, 0.3) is 0 Å². The quantitative estimate of drug-likeness (QED) is 0.685. The SMILES string of the molecule is CC(=O)NCCO[C@@H](c1cccc(Cl)c1F)[C@@H]1CCCN(C(=O)OC(C)(C)C)C1. The largest absolute Gasteiger partial charge is 0.444 e. The van der Waals surface area contributed by atoms with Gasteiger partial charge in [-0.05, 0) is 39.7 Å². The van der Waals surface area contributed by atoms with Crippen LogP contribution in [0.1, 0.15) is 52.2 Å². The van der Waals surface area contributed by atoms with Crippen molar-refractivity contribution in [1.82, 2.24) is 10.2 Å². The molecule has 0 aliphatic carbocycles. The molecule has 0 spiro atoms. The fraction of sp³-hybridized carbons (Fsp3) is 0.619. The number of rotatable bonds is 6. The van der Waals surface area contributed by atoms with Gasteiger partial charge in [0, 0.05) is 38.0 Å². The van der Waals surface area contributed by atoms with Crippen molar-refractivity contribution in [3.8, 4) is 0 Å². The van der Waals surface area contributed by atoms with Crippen molar-refractivity contribution in [2.24, 2.45) is 5.92 Å². The van der Waals surface area contributed by atoms with Crippen LogP contribution >= 0.6 is 11.6 Å². The van der Waals surface area contributed by atoms with Gasteiger partial charge in [0.2, 0.25) is 5.91 Å². The highest BCUT2D eigenvalue weighted by Crippen LogP contribution is 2.36. The summed E-state index contributed by atoms with van der Waals surface area (Å²) in [4.78, 5) is 25.2. The van der Waals surface area contributed by atoms with Crippen LogP contribution in [0.5, 0.6) is 0 Å². The molecule has 2 rings (SSSR count). The second kappa shape index (κ2) is 10.3. The number of amides is 2. The molecule has 1 aromatic carbocycles. The number of carbonyl (C=O) groups is 2. The lowest BCUT2D eigenvalue weighted by molar-refractivity contribution is -0.119. The highest BCUT2D eigenvalue weighted by atomic mass is 35.5. The van der Waals surface area contributed by atoms with E-state index in [0.29, 0.717) is 25.2 Å². The molecular formula is C21H30ClFN2O4. The lowest BCUT2D eigenvalue weighted by Crippen LogP contribution is -2.44. The molecule has 8 heteroatoms. The van der Waals surface area contributed by atoms with Crippen LogP contribution < -0.4 is 5.32 Å². The third kappa shape index (κ3) is 7.16. The minimum Gasteiger partial charge on any atom is -0.444 e. The second-order valence-corrected chi connectivity index (χ2v) is 8.65. The monoisotopic (exact) mass is 428 g/mol. The predicted octanol–water partition coefficient (Wildman–Crippen LogP) is 4.32. The van der Waals surface area contributed by atoms with Crippen molar-refractivity contribution in [2.75, 3.05) is 26.2 Å². The van der Waals surface area contributed by atoms with E-state index in [4.69, 9.17) is 21.1 Å². The van der Waals surface area contributed by atoms with Crippen LogP contribution in [-0.2, 0) is 14.3 Å². The topological polar surface area (TPSA) is 67.9 Å². The fourth-order valence-electron chi connectivity index (χ4n) is 3.38. The fourth-order valence-corrected chi connectivity index (χ4v) is 3.56. The van der Waals surface area contributed by atoms with Gasteiger partial charge in [-0.3, -0.25) is 4.79 Å². The summed E-state index contributed by atoms with van der Waals surface area (Å²) in [5.41, 5.74) is -0.228. The Hall–Kier alpha value is -1.86. The molecule has 0 radical (unpaired) electrons. The first kappa shape index (κ1) is 23.4. The molecule has 29 heavy (non-hydrogen) atoms. The molecule has 0 bridgehead atoms. The molecule has 1 aromatic rings. The molecule has 1 saturated heterocycles. The Morgan fingerprint density at radius 1 is 1.38 bits per heavy atom. The van der Waals surface area contributed by atoms with Gasteiger partial charge in [-0.2, -0.15) is 0 Å². The van der Waals surface area contributed by atoms with Crippen LogP contribution in [0, 0.1) is 11.7 Å². The van der Waals surface area contributed by atoms with Crippen LogP contribution in [0.15, 0.2) is 18.2 Å². The molecule has 2 atom stereocenters. The minimum atomic E-state index is -0.590. The van der Waals surface area contributed by atoms with Gasteiger partial charge in [0.1, 0.15) is 11.4 Å². The zero-order valence-corrected chi connectivity index (χ0v) is 18.2. The molecule has 1 heterocycles. The summed E-state index contributed by atoms with van der Waals surface area (Å²) in [5, 5.41) is 2.69. The average Bonchev–Trinajstić information content (AvgIpc) is 2.63. The van der Waals surface area contributed by atoms with Crippen molar-refractivity contribution in [1.29, 1.82) is 0 Å². The van der Waals surface area contributed by atoms with E-state index < -0.39 is 17.5 Å². The maximum atomic E-state index is 14.7. The Morgan fingerprint density at radius 2 is 2.10 bits per heavy atom. The number of hydrogen-bond acceptors (Lipinski definition) is 4. The van der Waals surface area contributed by atoms with Crippen LogP contribution in [0.4, 0.5) is 9.18 Å². The van der Waals surface area contributed by atoms with Crippen molar-refractivity contribution in [2.45, 2.75) is 52.2 Å². The molecule has 6 nitrogen and oxygen atoms in total. The van der Waals surface area contributed by atoms with Gasteiger partial charge < -0.3 is 19.7 Å². The third-order valence-corrected chi connectivity index (χ3v) is 4.89. The maximum Gasteiger partial charge on any atom is 0.410 e. The van der Waals surface area contributed by atoms with E-state index in [9.17, 15) is 14.0 Å². The van der Waals surface area contributed by atoms with Crippen LogP contribution in [0.2, 0.25) is 5.02 Å². The lowest BCUT2D eigenvalue weighted by atomic mass is 9.88. The standard InChI is InChI=1S/C21H30ClFN2O4/c1-14(26)24-10-12-28-19(16-8-5-9-17(22)18(16)23)15-7-6-11-25(13-15)20(27)29-21(2,3)4/h5,8-9,15,19H,6-7,10-13H2,1-4H3,(H,24,26)/t15-,19-/m1/s1. The van der Waals surface area contributed by atoms with Crippen LogP contribution in [0.3, 0.4) is 0 Å². The van der Waals surface area contributed by atoms with Crippen molar-refractivity contribution >= 4 is 23.6 Å². The summed E-state index contributed by atoms with van der Waals surface area (Å²) in [6, 6.07) is 4.82. The van der Waals surface area contributed by atoms with E-state index in [1.165, 1.54) is 13.0 Å². The number of hydrogen-bond donors (Lipinski definition) is 1. The lowest BCUT2D eigenvalue weighted by Gasteiger charge is -2.37. The van der Waals surface area contributed by atoms with Crippen molar-refractivity contribution < 1.29 is 23.5 Å². The molecule has 2 amide bonds. The summed E-state index contributed by atoms with van der Waals surface area (Å²) in [6.07, 6.45) is 0.562. The highest BCUT2D eigenvalue weighted by Gasteiger charge is 2.34. The number of benzene rings is 1. The second-order valence-electron chi connectivity index (χ2n) is 8.25. The van der Waals surface area contributed by atoms with Gasteiger partial charge in [0.15, 0.2) is 0 Å². The highest BCUT2D eigenvalue weighted by molar-refractivity contribution is 6.30. The van der Waals surface area contributed by atoms with E-state index in [1.54, 1.807) is 17.0 Å². The first-order chi connectivity index (χ1) is 13.6. The number of nitrogens with zero attached hydrogens (tertiary/aromatic N) is 1. The normalized spacial score (nSPS) is 18.3. The first-order valence-electron chi connectivity index (χ1n) is 9.86. The zero-order chi connectivity index (χ0) is 21.6.